The summed E-state index contributed by atoms with van der Waals surface area (Å²) in [6, 6.07) is 0. The van der Waals surface area contributed by atoms with Crippen LogP contribution in [0.25, 0.3) is 0 Å². The van der Waals surface area contributed by atoms with Crippen LogP contribution in [0.1, 0.15) is 117 Å². The van der Waals surface area contributed by atoms with Crippen molar-refractivity contribution in [2.75, 3.05) is 0 Å². The quantitative estimate of drug-likeness (QED) is 0.404. The molecule has 4 nitrogen and oxygen atoms in total. The summed E-state index contributed by atoms with van der Waals surface area (Å²) in [7, 11) is 0. The Morgan fingerprint density at radius 1 is 0.533 bits per heavy atom. The van der Waals surface area contributed by atoms with E-state index in [-0.39, 0.29) is 22.2 Å². The highest BCUT2D eigenvalue weighted by atomic mass is 16.6. The molecule has 0 unspecified atom stereocenters. The molecule has 0 bridgehead atoms. The van der Waals surface area contributed by atoms with Crippen molar-refractivity contribution in [3.05, 3.63) is 0 Å². The zero-order valence-corrected chi connectivity index (χ0v) is 22.8. The highest BCUT2D eigenvalue weighted by Crippen LogP contribution is 2.47. The molecule has 178 valence electrons. The minimum absolute atomic E-state index is 0.101. The van der Waals surface area contributed by atoms with Crippen LogP contribution in [0.15, 0.2) is 0 Å². The molecule has 4 heteroatoms. The molecule has 0 saturated heterocycles. The summed E-state index contributed by atoms with van der Waals surface area (Å²) in [5, 5.41) is 0. The Balaban J connectivity index is 5.75. The van der Waals surface area contributed by atoms with E-state index in [0.717, 1.165) is 6.42 Å². The van der Waals surface area contributed by atoms with Gasteiger partial charge in [0.05, 0.1) is 10.8 Å². The first-order valence-electron chi connectivity index (χ1n) is 11.2. The molecule has 0 amide bonds. The van der Waals surface area contributed by atoms with E-state index in [1.54, 1.807) is 27.7 Å². The van der Waals surface area contributed by atoms with Gasteiger partial charge in [-0.2, -0.15) is 0 Å². The van der Waals surface area contributed by atoms with Gasteiger partial charge in [0.25, 0.3) is 0 Å². The van der Waals surface area contributed by atoms with E-state index in [2.05, 4.69) is 34.6 Å². The molecule has 0 radical (unpaired) electrons. The molecule has 0 saturated carbocycles. The van der Waals surface area contributed by atoms with Gasteiger partial charge in [0.1, 0.15) is 11.2 Å². The molecule has 0 aromatic rings. The molecule has 0 aliphatic rings. The maximum absolute atomic E-state index is 13.4. The van der Waals surface area contributed by atoms with Crippen molar-refractivity contribution in [3.8, 4) is 0 Å². The van der Waals surface area contributed by atoms with Crippen LogP contribution >= 0.6 is 0 Å². The lowest BCUT2D eigenvalue weighted by molar-refractivity contribution is -0.201. The van der Waals surface area contributed by atoms with Crippen molar-refractivity contribution in [2.45, 2.75) is 128 Å². The van der Waals surface area contributed by atoms with Gasteiger partial charge in [0.2, 0.25) is 0 Å². The lowest BCUT2D eigenvalue weighted by atomic mass is 9.66. The molecule has 0 aliphatic heterocycles. The van der Waals surface area contributed by atoms with Gasteiger partial charge in [-0.1, -0.05) is 55.4 Å². The zero-order chi connectivity index (χ0) is 24.8. The number of esters is 2. The Labute approximate surface area is 186 Å². The van der Waals surface area contributed by atoms with Crippen LogP contribution in [-0.2, 0) is 19.1 Å². The van der Waals surface area contributed by atoms with Crippen molar-refractivity contribution < 1.29 is 19.1 Å². The van der Waals surface area contributed by atoms with Crippen LogP contribution < -0.4 is 0 Å². The van der Waals surface area contributed by atoms with E-state index >= 15 is 0 Å². The molecular weight excluding hydrogens is 376 g/mol. The highest BCUT2D eigenvalue weighted by molar-refractivity contribution is 5.87. The molecular formula is C26H50O4. The fourth-order valence-electron chi connectivity index (χ4n) is 3.06. The average molecular weight is 427 g/mol. The normalized spacial score (nSPS) is 15.1. The van der Waals surface area contributed by atoms with Gasteiger partial charge in [-0.25, -0.2) is 0 Å². The zero-order valence-electron chi connectivity index (χ0n) is 22.8. The third kappa shape index (κ3) is 6.23. The second-order valence-electron chi connectivity index (χ2n) is 13.9. The number of rotatable bonds is 7. The van der Waals surface area contributed by atoms with E-state index in [1.807, 2.05) is 48.5 Å². The first kappa shape index (κ1) is 28.9. The van der Waals surface area contributed by atoms with Gasteiger partial charge in [0.15, 0.2) is 0 Å². The molecule has 0 spiro atoms. The maximum atomic E-state index is 13.4. The van der Waals surface area contributed by atoms with E-state index in [0.29, 0.717) is 0 Å². The molecule has 0 aromatic carbocycles. The summed E-state index contributed by atoms with van der Waals surface area (Å²) >= 11 is 0. The van der Waals surface area contributed by atoms with Crippen LogP contribution in [0, 0.1) is 27.1 Å². The highest BCUT2D eigenvalue weighted by Gasteiger charge is 2.54. The monoisotopic (exact) mass is 426 g/mol. The van der Waals surface area contributed by atoms with Crippen LogP contribution in [0.5, 0.6) is 0 Å². The number of hydrogen-bond acceptors (Lipinski definition) is 4. The number of carbonyl (C=O) groups is 2. The SMILES string of the molecule is CC(C)(C)CC(C)(C)C(C)(C)OC(=O)C(C)(C)C(C)(C)C(=O)OC(C)(C)C(C)(C)C. The Hall–Kier alpha value is -1.06. The van der Waals surface area contributed by atoms with E-state index in [1.165, 1.54) is 0 Å². The van der Waals surface area contributed by atoms with Crippen molar-refractivity contribution in [1.29, 1.82) is 0 Å². The maximum Gasteiger partial charge on any atom is 0.313 e. The summed E-state index contributed by atoms with van der Waals surface area (Å²) in [6.07, 6.45) is 0.895. The number of hydrogen-bond donors (Lipinski definition) is 0. The van der Waals surface area contributed by atoms with Gasteiger partial charge < -0.3 is 9.47 Å². The second kappa shape index (κ2) is 8.13. The third-order valence-electron chi connectivity index (χ3n) is 7.69. The summed E-state index contributed by atoms with van der Waals surface area (Å²) in [6.45, 7) is 31.7. The fourth-order valence-corrected chi connectivity index (χ4v) is 3.06. The van der Waals surface area contributed by atoms with Crippen molar-refractivity contribution in [2.24, 2.45) is 27.1 Å². The fraction of sp³-hybridized carbons (Fsp3) is 0.923. The minimum atomic E-state index is -1.06. The third-order valence-corrected chi connectivity index (χ3v) is 7.69. The molecule has 0 aliphatic carbocycles. The van der Waals surface area contributed by atoms with Gasteiger partial charge in [-0.05, 0) is 67.2 Å². The van der Waals surface area contributed by atoms with Crippen LogP contribution in [-0.4, -0.2) is 23.1 Å². The largest absolute Gasteiger partial charge is 0.459 e. The first-order chi connectivity index (χ1) is 12.7. The lowest BCUT2D eigenvalue weighted by Gasteiger charge is -2.47. The molecule has 0 heterocycles. The van der Waals surface area contributed by atoms with Crippen molar-refractivity contribution in [3.63, 3.8) is 0 Å². The van der Waals surface area contributed by atoms with Crippen molar-refractivity contribution >= 4 is 11.9 Å². The topological polar surface area (TPSA) is 52.6 Å². The van der Waals surface area contributed by atoms with E-state index < -0.39 is 28.0 Å². The minimum Gasteiger partial charge on any atom is -0.459 e. The van der Waals surface area contributed by atoms with E-state index in [9.17, 15) is 9.59 Å². The Kier molecular flexibility index (Phi) is 7.84. The molecule has 0 atom stereocenters. The van der Waals surface area contributed by atoms with Crippen LogP contribution in [0.2, 0.25) is 0 Å². The van der Waals surface area contributed by atoms with Gasteiger partial charge in [0, 0.05) is 10.8 Å². The predicted octanol–water partition coefficient (Wildman–Crippen LogP) is 7.19. The van der Waals surface area contributed by atoms with Crippen molar-refractivity contribution in [1.82, 2.24) is 0 Å². The smallest absolute Gasteiger partial charge is 0.313 e. The Morgan fingerprint density at radius 2 is 0.833 bits per heavy atom. The first-order valence-corrected chi connectivity index (χ1v) is 11.2. The lowest BCUT2D eigenvalue weighted by Crippen LogP contribution is -2.54. The van der Waals surface area contributed by atoms with Gasteiger partial charge >= 0.3 is 11.9 Å². The molecule has 0 aromatic heterocycles. The Morgan fingerprint density at radius 3 is 1.10 bits per heavy atom. The van der Waals surface area contributed by atoms with Crippen LogP contribution in [0.3, 0.4) is 0 Å². The molecule has 30 heavy (non-hydrogen) atoms. The van der Waals surface area contributed by atoms with Gasteiger partial charge in [-0.15, -0.1) is 0 Å². The summed E-state index contributed by atoms with van der Waals surface area (Å²) in [5.74, 6) is -0.777. The second-order valence-corrected chi connectivity index (χ2v) is 13.9. The summed E-state index contributed by atoms with van der Waals surface area (Å²) < 4.78 is 12.0. The average Bonchev–Trinajstić information content (AvgIpc) is 2.41. The van der Waals surface area contributed by atoms with E-state index in [4.69, 9.17) is 9.47 Å². The van der Waals surface area contributed by atoms with Crippen LogP contribution in [0.4, 0.5) is 0 Å². The molecule has 0 fully saturated rings. The molecule has 0 N–H and O–H groups in total. The van der Waals surface area contributed by atoms with Gasteiger partial charge in [-0.3, -0.25) is 9.59 Å². The summed E-state index contributed by atoms with van der Waals surface area (Å²) in [4.78, 5) is 26.6. The standard InChI is InChI=1S/C26H50O4/c1-20(2,3)17-22(7,8)26(15,16)30-19(28)24(11,12)23(9,10)18(27)29-25(13,14)21(4,5)6/h17H2,1-16H3. The molecule has 0 rings (SSSR count). The number of ether oxygens (including phenoxy) is 2. The predicted molar refractivity (Wildman–Crippen MR) is 125 cm³/mol. The Bertz CT molecular complexity index is 635. The summed E-state index contributed by atoms with van der Waals surface area (Å²) in [5.41, 5.74) is -3.86. The number of carbonyl (C=O) groups excluding carboxylic acids is 2.